The highest BCUT2D eigenvalue weighted by Gasteiger charge is 2.39. The lowest BCUT2D eigenvalue weighted by Gasteiger charge is -2.38. The Morgan fingerprint density at radius 3 is 2.50 bits per heavy atom. The van der Waals surface area contributed by atoms with Crippen molar-refractivity contribution in [1.82, 2.24) is 4.90 Å². The highest BCUT2D eigenvalue weighted by molar-refractivity contribution is 5.79. The summed E-state index contributed by atoms with van der Waals surface area (Å²) >= 11 is 0. The van der Waals surface area contributed by atoms with E-state index in [2.05, 4.69) is 20.8 Å². The van der Waals surface area contributed by atoms with E-state index in [9.17, 15) is 14.7 Å². The first-order valence-electron chi connectivity index (χ1n) is 7.30. The van der Waals surface area contributed by atoms with Crippen LogP contribution in [-0.4, -0.2) is 41.0 Å². The van der Waals surface area contributed by atoms with Crippen LogP contribution in [0.2, 0.25) is 0 Å². The number of hydrogen-bond acceptors (Lipinski definition) is 3. The molecule has 1 heterocycles. The van der Waals surface area contributed by atoms with Gasteiger partial charge in [-0.15, -0.1) is 0 Å². The third-order valence-electron chi connectivity index (χ3n) is 3.88. The molecule has 1 fully saturated rings. The van der Waals surface area contributed by atoms with Crippen molar-refractivity contribution >= 4 is 11.9 Å². The summed E-state index contributed by atoms with van der Waals surface area (Å²) in [5.74, 6) is -0.845. The van der Waals surface area contributed by atoms with Crippen LogP contribution in [0.25, 0.3) is 0 Å². The van der Waals surface area contributed by atoms with E-state index in [1.54, 1.807) is 11.8 Å². The Bertz CT molecular complexity index is 376. The van der Waals surface area contributed by atoms with Crippen molar-refractivity contribution in [3.63, 3.8) is 0 Å². The maximum absolute atomic E-state index is 12.3. The van der Waals surface area contributed by atoms with Gasteiger partial charge in [0.2, 0.25) is 5.91 Å². The minimum Gasteiger partial charge on any atom is -0.481 e. The number of aliphatic carboxylic acids is 1. The highest BCUT2D eigenvalue weighted by atomic mass is 16.4. The van der Waals surface area contributed by atoms with Crippen LogP contribution in [0, 0.1) is 10.8 Å². The van der Waals surface area contributed by atoms with Crippen LogP contribution in [0.5, 0.6) is 0 Å². The molecule has 116 valence electrons. The summed E-state index contributed by atoms with van der Waals surface area (Å²) in [7, 11) is 0. The minimum atomic E-state index is -0.825. The standard InChI is InChI=1S/C15H28N2O3/c1-14(2,3)9-11(16)8-12(18)17-7-5-6-15(4,10-17)13(19)20/h11H,5-10,16H2,1-4H3,(H,19,20). The van der Waals surface area contributed by atoms with E-state index in [-0.39, 0.29) is 17.4 Å². The Balaban J connectivity index is 2.57. The van der Waals surface area contributed by atoms with Crippen LogP contribution in [0.15, 0.2) is 0 Å². The lowest BCUT2D eigenvalue weighted by molar-refractivity contribution is -0.153. The summed E-state index contributed by atoms with van der Waals surface area (Å²) < 4.78 is 0. The molecular formula is C15H28N2O3. The second-order valence-corrected chi connectivity index (χ2v) is 7.51. The Kier molecular flexibility index (Phi) is 5.19. The summed E-state index contributed by atoms with van der Waals surface area (Å²) in [4.78, 5) is 25.2. The molecule has 1 amide bonds. The molecular weight excluding hydrogens is 256 g/mol. The molecule has 0 aromatic carbocycles. The molecule has 0 spiro atoms. The van der Waals surface area contributed by atoms with Gasteiger partial charge in [-0.25, -0.2) is 0 Å². The molecule has 0 aliphatic carbocycles. The zero-order valence-electron chi connectivity index (χ0n) is 13.1. The zero-order chi connectivity index (χ0) is 15.6. The summed E-state index contributed by atoms with van der Waals surface area (Å²) in [6.45, 7) is 8.94. The van der Waals surface area contributed by atoms with Gasteiger partial charge in [0.15, 0.2) is 0 Å². The maximum atomic E-state index is 12.3. The number of carbonyl (C=O) groups is 2. The number of carboxylic acids is 1. The fraction of sp³-hybridized carbons (Fsp3) is 0.867. The highest BCUT2D eigenvalue weighted by Crippen LogP contribution is 2.30. The summed E-state index contributed by atoms with van der Waals surface area (Å²) in [6, 6.07) is -0.166. The van der Waals surface area contributed by atoms with Crippen LogP contribution in [-0.2, 0) is 9.59 Å². The number of hydrogen-bond donors (Lipinski definition) is 2. The molecule has 0 radical (unpaired) electrons. The molecule has 5 nitrogen and oxygen atoms in total. The first kappa shape index (κ1) is 17.0. The van der Waals surface area contributed by atoms with Gasteiger partial charge in [-0.05, 0) is 31.6 Å². The van der Waals surface area contributed by atoms with Gasteiger partial charge < -0.3 is 15.7 Å². The van der Waals surface area contributed by atoms with Gasteiger partial charge in [-0.2, -0.15) is 0 Å². The largest absolute Gasteiger partial charge is 0.481 e. The lowest BCUT2D eigenvalue weighted by atomic mass is 9.81. The predicted octanol–water partition coefficient (Wildman–Crippen LogP) is 1.85. The molecule has 3 N–H and O–H groups in total. The average molecular weight is 284 g/mol. The van der Waals surface area contributed by atoms with Gasteiger partial charge in [0.25, 0.3) is 0 Å². The Morgan fingerprint density at radius 2 is 2.00 bits per heavy atom. The number of carbonyl (C=O) groups excluding carboxylic acids is 1. The van der Waals surface area contributed by atoms with Crippen molar-refractivity contribution in [2.75, 3.05) is 13.1 Å². The van der Waals surface area contributed by atoms with E-state index in [1.807, 2.05) is 0 Å². The fourth-order valence-corrected chi connectivity index (χ4v) is 2.84. The molecule has 0 bridgehead atoms. The Hall–Kier alpha value is -1.10. The van der Waals surface area contributed by atoms with Gasteiger partial charge in [0.05, 0.1) is 5.41 Å². The number of nitrogens with two attached hydrogens (primary N) is 1. The van der Waals surface area contributed by atoms with Crippen molar-refractivity contribution in [1.29, 1.82) is 0 Å². The number of likely N-dealkylation sites (tertiary alicyclic amines) is 1. The maximum Gasteiger partial charge on any atom is 0.311 e. The van der Waals surface area contributed by atoms with Gasteiger partial charge in [0, 0.05) is 25.6 Å². The van der Waals surface area contributed by atoms with E-state index < -0.39 is 11.4 Å². The molecule has 2 atom stereocenters. The van der Waals surface area contributed by atoms with Crippen molar-refractivity contribution in [2.45, 2.75) is 59.4 Å². The van der Waals surface area contributed by atoms with Crippen LogP contribution < -0.4 is 5.73 Å². The van der Waals surface area contributed by atoms with Crippen molar-refractivity contribution < 1.29 is 14.7 Å². The first-order valence-corrected chi connectivity index (χ1v) is 7.30. The average Bonchev–Trinajstić information content (AvgIpc) is 2.26. The molecule has 1 rings (SSSR count). The normalized spacial score (nSPS) is 25.4. The van der Waals surface area contributed by atoms with Gasteiger partial charge in [-0.3, -0.25) is 9.59 Å². The van der Waals surface area contributed by atoms with E-state index in [0.29, 0.717) is 25.9 Å². The topological polar surface area (TPSA) is 83.6 Å². The van der Waals surface area contributed by atoms with Gasteiger partial charge in [0.1, 0.15) is 0 Å². The smallest absolute Gasteiger partial charge is 0.311 e. The fourth-order valence-electron chi connectivity index (χ4n) is 2.84. The number of amides is 1. The second kappa shape index (κ2) is 6.12. The Morgan fingerprint density at radius 1 is 1.40 bits per heavy atom. The molecule has 1 saturated heterocycles. The van der Waals surface area contributed by atoms with E-state index >= 15 is 0 Å². The number of nitrogens with zero attached hydrogens (tertiary/aromatic N) is 1. The molecule has 2 unspecified atom stereocenters. The third kappa shape index (κ3) is 4.78. The summed E-state index contributed by atoms with van der Waals surface area (Å²) in [5, 5.41) is 9.27. The zero-order valence-corrected chi connectivity index (χ0v) is 13.1. The van der Waals surface area contributed by atoms with Crippen LogP contribution in [0.1, 0.15) is 53.4 Å². The molecule has 1 aliphatic rings. The number of carboxylic acid groups (broad SMARTS) is 1. The Labute approximate surface area is 121 Å². The van der Waals surface area contributed by atoms with Crippen molar-refractivity contribution in [3.8, 4) is 0 Å². The first-order chi connectivity index (χ1) is 9.03. The minimum absolute atomic E-state index is 0.0195. The number of rotatable bonds is 4. The van der Waals surface area contributed by atoms with Crippen molar-refractivity contribution in [3.05, 3.63) is 0 Å². The molecule has 20 heavy (non-hydrogen) atoms. The molecule has 1 aliphatic heterocycles. The van der Waals surface area contributed by atoms with Gasteiger partial charge >= 0.3 is 5.97 Å². The summed E-state index contributed by atoms with van der Waals surface area (Å²) in [5.41, 5.74) is 5.31. The van der Waals surface area contributed by atoms with Crippen LogP contribution in [0.4, 0.5) is 0 Å². The molecule has 0 aromatic rings. The van der Waals surface area contributed by atoms with E-state index in [1.165, 1.54) is 0 Å². The second-order valence-electron chi connectivity index (χ2n) is 7.51. The van der Waals surface area contributed by atoms with E-state index in [0.717, 1.165) is 12.8 Å². The predicted molar refractivity (Wildman–Crippen MR) is 78.2 cm³/mol. The SMILES string of the molecule is CC(C)(C)CC(N)CC(=O)N1CCCC(C)(C(=O)O)C1. The van der Waals surface area contributed by atoms with Crippen molar-refractivity contribution in [2.24, 2.45) is 16.6 Å². The summed E-state index contributed by atoms with van der Waals surface area (Å²) in [6.07, 6.45) is 2.44. The third-order valence-corrected chi connectivity index (χ3v) is 3.88. The molecule has 5 heteroatoms. The van der Waals surface area contributed by atoms with Gasteiger partial charge in [-0.1, -0.05) is 20.8 Å². The van der Waals surface area contributed by atoms with Crippen LogP contribution >= 0.6 is 0 Å². The monoisotopic (exact) mass is 284 g/mol. The molecule has 0 aromatic heterocycles. The quantitative estimate of drug-likeness (QED) is 0.825. The molecule has 0 saturated carbocycles. The lowest BCUT2D eigenvalue weighted by Crippen LogP contribution is -2.49. The number of piperidine rings is 1. The van der Waals surface area contributed by atoms with E-state index in [4.69, 9.17) is 5.73 Å². The van der Waals surface area contributed by atoms with Crippen LogP contribution in [0.3, 0.4) is 0 Å².